The van der Waals surface area contributed by atoms with Gasteiger partial charge in [0.15, 0.2) is 11.6 Å². The van der Waals surface area contributed by atoms with Gasteiger partial charge in [-0.1, -0.05) is 15.9 Å². The molecule has 1 aromatic heterocycles. The summed E-state index contributed by atoms with van der Waals surface area (Å²) in [7, 11) is 0. The predicted octanol–water partition coefficient (Wildman–Crippen LogP) is 4.36. The fourth-order valence-electron chi connectivity index (χ4n) is 1.33. The molecule has 2 aromatic rings. The van der Waals surface area contributed by atoms with Gasteiger partial charge >= 0.3 is 0 Å². The van der Waals surface area contributed by atoms with Gasteiger partial charge in [0.1, 0.15) is 0 Å². The van der Waals surface area contributed by atoms with Crippen molar-refractivity contribution in [3.05, 3.63) is 39.2 Å². The normalized spacial score (nSPS) is 10.3. The third kappa shape index (κ3) is 3.63. The summed E-state index contributed by atoms with van der Waals surface area (Å²) in [4.78, 5) is 8.21. The number of rotatable bonds is 4. The predicted molar refractivity (Wildman–Crippen MR) is 78.1 cm³/mol. The van der Waals surface area contributed by atoms with Crippen LogP contribution in [-0.2, 0) is 0 Å². The Balaban J connectivity index is 2.31. The van der Waals surface area contributed by atoms with Crippen LogP contribution in [-0.4, -0.2) is 16.5 Å². The number of nitrogens with one attached hydrogen (secondary N) is 1. The first kappa shape index (κ1) is 14.2. The fraction of sp³-hybridized carbons (Fsp3) is 0.167. The topological polar surface area (TPSA) is 47.0 Å². The minimum Gasteiger partial charge on any atom is -0.435 e. The molecule has 0 aliphatic heterocycles. The number of hydrogen-bond donors (Lipinski definition) is 1. The fourth-order valence-corrected chi connectivity index (χ4v) is 1.94. The average Bonchev–Trinajstić information content (AvgIpc) is 2.38. The highest BCUT2D eigenvalue weighted by Gasteiger charge is 2.11. The van der Waals surface area contributed by atoms with Gasteiger partial charge in [0.25, 0.3) is 0 Å². The summed E-state index contributed by atoms with van der Waals surface area (Å²) < 4.78 is 20.4. The Hall–Kier alpha value is -1.21. The number of nitrogens with zero attached hydrogens (tertiary/aromatic N) is 2. The van der Waals surface area contributed by atoms with Gasteiger partial charge in [-0.3, -0.25) is 0 Å². The molecule has 0 amide bonds. The van der Waals surface area contributed by atoms with Crippen molar-refractivity contribution in [2.24, 2.45) is 0 Å². The van der Waals surface area contributed by atoms with Gasteiger partial charge in [-0.2, -0.15) is 4.98 Å². The van der Waals surface area contributed by atoms with Crippen LogP contribution in [0.15, 0.2) is 33.3 Å². The summed E-state index contributed by atoms with van der Waals surface area (Å²) in [6.07, 6.45) is 1.55. The van der Waals surface area contributed by atoms with Crippen LogP contribution in [0.4, 0.5) is 10.3 Å². The van der Waals surface area contributed by atoms with Gasteiger partial charge in [0, 0.05) is 11.0 Å². The van der Waals surface area contributed by atoms with E-state index in [0.717, 1.165) is 4.47 Å². The van der Waals surface area contributed by atoms with E-state index in [1.165, 1.54) is 12.1 Å². The second-order valence-corrected chi connectivity index (χ2v) is 5.32. The summed E-state index contributed by atoms with van der Waals surface area (Å²) in [5, 5.41) is 2.96. The maximum atomic E-state index is 13.6. The summed E-state index contributed by atoms with van der Waals surface area (Å²) in [5.41, 5.74) is 0. The summed E-state index contributed by atoms with van der Waals surface area (Å²) in [5.74, 6) is 0.314. The summed E-state index contributed by atoms with van der Waals surface area (Å²) in [6.45, 7) is 2.62. The summed E-state index contributed by atoms with van der Waals surface area (Å²) >= 11 is 6.53. The molecule has 0 fully saturated rings. The molecular formula is C12H10Br2FN3O. The first-order chi connectivity index (χ1) is 9.10. The number of aromatic nitrogens is 2. The highest BCUT2D eigenvalue weighted by Crippen LogP contribution is 2.31. The van der Waals surface area contributed by atoms with Crippen molar-refractivity contribution in [3.63, 3.8) is 0 Å². The molecule has 1 N–H and O–H groups in total. The van der Waals surface area contributed by atoms with Crippen molar-refractivity contribution in [1.82, 2.24) is 9.97 Å². The Labute approximate surface area is 126 Å². The number of benzene rings is 1. The van der Waals surface area contributed by atoms with Crippen LogP contribution in [0.2, 0.25) is 0 Å². The van der Waals surface area contributed by atoms with Crippen LogP contribution in [0.3, 0.4) is 0 Å². The molecule has 0 saturated carbocycles. The van der Waals surface area contributed by atoms with E-state index in [-0.39, 0.29) is 11.6 Å². The molecule has 1 heterocycles. The van der Waals surface area contributed by atoms with Crippen LogP contribution in [0.1, 0.15) is 6.92 Å². The molecule has 1 aromatic carbocycles. The number of hydrogen-bond acceptors (Lipinski definition) is 4. The maximum Gasteiger partial charge on any atom is 0.238 e. The van der Waals surface area contributed by atoms with E-state index >= 15 is 0 Å². The zero-order chi connectivity index (χ0) is 13.8. The lowest BCUT2D eigenvalue weighted by atomic mass is 10.3. The van der Waals surface area contributed by atoms with Crippen molar-refractivity contribution < 1.29 is 9.13 Å². The van der Waals surface area contributed by atoms with E-state index < -0.39 is 5.82 Å². The van der Waals surface area contributed by atoms with Crippen LogP contribution in [0.5, 0.6) is 11.6 Å². The molecule has 0 spiro atoms. The zero-order valence-corrected chi connectivity index (χ0v) is 13.1. The zero-order valence-electron chi connectivity index (χ0n) is 9.95. The van der Waals surface area contributed by atoms with Gasteiger partial charge < -0.3 is 10.1 Å². The molecule has 2 rings (SSSR count). The number of anilines is 1. The Morgan fingerprint density at radius 3 is 2.89 bits per heavy atom. The molecule has 0 radical (unpaired) electrons. The molecule has 0 saturated heterocycles. The largest absolute Gasteiger partial charge is 0.435 e. The first-order valence-electron chi connectivity index (χ1n) is 5.49. The smallest absolute Gasteiger partial charge is 0.238 e. The lowest BCUT2D eigenvalue weighted by Gasteiger charge is -2.09. The first-order valence-corrected chi connectivity index (χ1v) is 7.08. The van der Waals surface area contributed by atoms with Crippen molar-refractivity contribution >= 4 is 37.8 Å². The molecular weight excluding hydrogens is 381 g/mol. The molecule has 0 unspecified atom stereocenters. The van der Waals surface area contributed by atoms with Gasteiger partial charge in [-0.25, -0.2) is 9.37 Å². The van der Waals surface area contributed by atoms with Crippen molar-refractivity contribution in [2.45, 2.75) is 6.92 Å². The molecule has 19 heavy (non-hydrogen) atoms. The minimum atomic E-state index is -0.460. The Morgan fingerprint density at radius 1 is 1.37 bits per heavy atom. The van der Waals surface area contributed by atoms with Crippen LogP contribution in [0, 0.1) is 5.82 Å². The van der Waals surface area contributed by atoms with Gasteiger partial charge in [-0.15, -0.1) is 0 Å². The highest BCUT2D eigenvalue weighted by molar-refractivity contribution is 9.10. The van der Waals surface area contributed by atoms with E-state index in [1.54, 1.807) is 12.3 Å². The third-order valence-corrected chi connectivity index (χ3v) is 3.18. The Bertz CT molecular complexity index is 595. The monoisotopic (exact) mass is 389 g/mol. The number of halogens is 3. The van der Waals surface area contributed by atoms with Crippen molar-refractivity contribution in [1.29, 1.82) is 0 Å². The lowest BCUT2D eigenvalue weighted by Crippen LogP contribution is -2.03. The van der Waals surface area contributed by atoms with Gasteiger partial charge in [0.2, 0.25) is 11.8 Å². The molecule has 0 atom stereocenters. The maximum absolute atomic E-state index is 13.6. The Morgan fingerprint density at radius 2 is 2.16 bits per heavy atom. The molecule has 0 bridgehead atoms. The quantitative estimate of drug-likeness (QED) is 0.842. The van der Waals surface area contributed by atoms with Crippen molar-refractivity contribution in [3.8, 4) is 11.6 Å². The minimum absolute atomic E-state index is 0.0937. The van der Waals surface area contributed by atoms with E-state index in [2.05, 4.69) is 47.1 Å². The van der Waals surface area contributed by atoms with Crippen molar-refractivity contribution in [2.75, 3.05) is 11.9 Å². The lowest BCUT2D eigenvalue weighted by molar-refractivity contribution is 0.424. The second kappa shape index (κ2) is 6.29. The van der Waals surface area contributed by atoms with E-state index in [1.807, 2.05) is 6.92 Å². The molecule has 4 nitrogen and oxygen atoms in total. The molecule has 0 aliphatic rings. The van der Waals surface area contributed by atoms with Gasteiger partial charge in [0.05, 0.1) is 10.7 Å². The highest BCUT2D eigenvalue weighted by atomic mass is 79.9. The van der Waals surface area contributed by atoms with Crippen LogP contribution in [0.25, 0.3) is 0 Å². The van der Waals surface area contributed by atoms with Gasteiger partial charge in [-0.05, 0) is 41.1 Å². The SMILES string of the molecule is CCNc1ncc(Br)c(Oc2cc(Br)ccc2F)n1. The standard InChI is InChI=1S/C12H10Br2FN3O/c1-2-16-12-17-6-8(14)11(18-12)19-10-5-7(13)3-4-9(10)15/h3-6H,2H2,1H3,(H,16,17,18). The third-order valence-electron chi connectivity index (χ3n) is 2.15. The molecule has 100 valence electrons. The van der Waals surface area contributed by atoms with E-state index in [4.69, 9.17) is 4.74 Å². The molecule has 7 heteroatoms. The second-order valence-electron chi connectivity index (χ2n) is 3.55. The summed E-state index contributed by atoms with van der Waals surface area (Å²) in [6, 6.07) is 4.46. The number of ether oxygens (including phenoxy) is 1. The average molecular weight is 391 g/mol. The van der Waals surface area contributed by atoms with Crippen LogP contribution >= 0.6 is 31.9 Å². The van der Waals surface area contributed by atoms with Crippen LogP contribution < -0.4 is 10.1 Å². The van der Waals surface area contributed by atoms with E-state index in [0.29, 0.717) is 17.0 Å². The Kier molecular flexibility index (Phi) is 4.71. The molecule has 0 aliphatic carbocycles. The van der Waals surface area contributed by atoms with E-state index in [9.17, 15) is 4.39 Å².